The van der Waals surface area contributed by atoms with Gasteiger partial charge in [0.2, 0.25) is 0 Å². The zero-order valence-corrected chi connectivity index (χ0v) is 13.7. The van der Waals surface area contributed by atoms with Crippen LogP contribution in [-0.2, 0) is 5.88 Å². The zero-order chi connectivity index (χ0) is 15.0. The standard InChI is InChI=1S/C15H8BrCl2N3/c16-11-3-2-10(18)6-13(11)21-14-5-9(8-19)1-4-12(14)20-15(21)7-17/h1-6H,7H2. The summed E-state index contributed by atoms with van der Waals surface area (Å²) in [6.45, 7) is 0. The molecule has 0 saturated carbocycles. The summed E-state index contributed by atoms with van der Waals surface area (Å²) < 4.78 is 2.79. The maximum atomic E-state index is 9.09. The zero-order valence-electron chi connectivity index (χ0n) is 10.6. The lowest BCUT2D eigenvalue weighted by Crippen LogP contribution is -2.00. The van der Waals surface area contributed by atoms with Gasteiger partial charge in [-0.2, -0.15) is 5.26 Å². The molecular formula is C15H8BrCl2N3. The number of rotatable bonds is 2. The molecular weight excluding hydrogens is 373 g/mol. The molecule has 21 heavy (non-hydrogen) atoms. The first-order valence-corrected chi connectivity index (χ1v) is 7.77. The number of benzene rings is 2. The van der Waals surface area contributed by atoms with E-state index >= 15 is 0 Å². The van der Waals surface area contributed by atoms with Crippen molar-refractivity contribution in [3.63, 3.8) is 0 Å². The molecule has 3 nitrogen and oxygen atoms in total. The van der Waals surface area contributed by atoms with Gasteiger partial charge < -0.3 is 0 Å². The number of alkyl halides is 1. The van der Waals surface area contributed by atoms with Crippen LogP contribution in [0.3, 0.4) is 0 Å². The fourth-order valence-corrected chi connectivity index (χ4v) is 2.98. The highest BCUT2D eigenvalue weighted by Crippen LogP contribution is 2.30. The van der Waals surface area contributed by atoms with Gasteiger partial charge in [-0.25, -0.2) is 4.98 Å². The van der Waals surface area contributed by atoms with Gasteiger partial charge in [-0.05, 0) is 52.3 Å². The summed E-state index contributed by atoms with van der Waals surface area (Å²) in [6, 6.07) is 13.0. The van der Waals surface area contributed by atoms with Crippen molar-refractivity contribution < 1.29 is 0 Å². The molecule has 3 aromatic rings. The normalized spacial score (nSPS) is 10.8. The van der Waals surface area contributed by atoms with Gasteiger partial charge in [-0.1, -0.05) is 11.6 Å². The van der Waals surface area contributed by atoms with Crippen molar-refractivity contribution in [2.45, 2.75) is 5.88 Å². The van der Waals surface area contributed by atoms with E-state index in [2.05, 4.69) is 27.0 Å². The van der Waals surface area contributed by atoms with Crippen molar-refractivity contribution in [1.82, 2.24) is 9.55 Å². The molecule has 0 aliphatic heterocycles. The van der Waals surface area contributed by atoms with Gasteiger partial charge in [-0.15, -0.1) is 11.6 Å². The van der Waals surface area contributed by atoms with Crippen LogP contribution >= 0.6 is 39.1 Å². The third-order valence-corrected chi connectivity index (χ3v) is 4.27. The van der Waals surface area contributed by atoms with E-state index in [0.717, 1.165) is 21.2 Å². The molecule has 104 valence electrons. The Morgan fingerprint density at radius 2 is 2.05 bits per heavy atom. The monoisotopic (exact) mass is 379 g/mol. The second kappa shape index (κ2) is 5.69. The van der Waals surface area contributed by atoms with Gasteiger partial charge in [0.15, 0.2) is 0 Å². The molecule has 3 rings (SSSR count). The van der Waals surface area contributed by atoms with Crippen molar-refractivity contribution in [2.75, 3.05) is 0 Å². The first kappa shape index (κ1) is 14.4. The Morgan fingerprint density at radius 1 is 1.24 bits per heavy atom. The Balaban J connectivity index is 2.39. The quantitative estimate of drug-likeness (QED) is 0.583. The summed E-state index contributed by atoms with van der Waals surface area (Å²) in [5.41, 5.74) is 3.03. The van der Waals surface area contributed by atoms with Gasteiger partial charge in [0.1, 0.15) is 5.82 Å². The van der Waals surface area contributed by atoms with Crippen LogP contribution in [0.2, 0.25) is 5.02 Å². The molecule has 0 fully saturated rings. The fourth-order valence-electron chi connectivity index (χ4n) is 2.21. The van der Waals surface area contributed by atoms with E-state index in [9.17, 15) is 0 Å². The fraction of sp³-hybridized carbons (Fsp3) is 0.0667. The van der Waals surface area contributed by atoms with Crippen LogP contribution in [0, 0.1) is 11.3 Å². The first-order chi connectivity index (χ1) is 10.1. The highest BCUT2D eigenvalue weighted by Gasteiger charge is 2.15. The van der Waals surface area contributed by atoms with Gasteiger partial charge >= 0.3 is 0 Å². The molecule has 0 amide bonds. The number of aromatic nitrogens is 2. The van der Waals surface area contributed by atoms with Crippen LogP contribution in [0.15, 0.2) is 40.9 Å². The number of fused-ring (bicyclic) bond motifs is 1. The largest absolute Gasteiger partial charge is 0.294 e. The van der Waals surface area contributed by atoms with Crippen LogP contribution < -0.4 is 0 Å². The minimum atomic E-state index is 0.259. The SMILES string of the molecule is N#Cc1ccc2nc(CCl)n(-c3cc(Cl)ccc3Br)c2c1. The van der Waals surface area contributed by atoms with E-state index in [1.807, 2.05) is 22.8 Å². The van der Waals surface area contributed by atoms with Gasteiger partial charge in [0.25, 0.3) is 0 Å². The summed E-state index contributed by atoms with van der Waals surface area (Å²) in [7, 11) is 0. The highest BCUT2D eigenvalue weighted by atomic mass is 79.9. The molecule has 0 spiro atoms. The first-order valence-electron chi connectivity index (χ1n) is 6.07. The molecule has 0 N–H and O–H groups in total. The van der Waals surface area contributed by atoms with Crippen molar-refractivity contribution in [3.8, 4) is 11.8 Å². The molecule has 0 bridgehead atoms. The van der Waals surface area contributed by atoms with Gasteiger partial charge in [0.05, 0.1) is 34.2 Å². The van der Waals surface area contributed by atoms with E-state index in [1.54, 1.807) is 18.2 Å². The average Bonchev–Trinajstić information content (AvgIpc) is 2.87. The Hall–Kier alpha value is -1.54. The predicted molar refractivity (Wildman–Crippen MR) is 88.1 cm³/mol. The van der Waals surface area contributed by atoms with Gasteiger partial charge in [0, 0.05) is 9.50 Å². The Morgan fingerprint density at radius 3 is 2.76 bits per heavy atom. The summed E-state index contributed by atoms with van der Waals surface area (Å²) in [5.74, 6) is 0.958. The van der Waals surface area contributed by atoms with Gasteiger partial charge in [-0.3, -0.25) is 4.57 Å². The minimum Gasteiger partial charge on any atom is -0.294 e. The summed E-state index contributed by atoms with van der Waals surface area (Å²) in [4.78, 5) is 4.51. The smallest absolute Gasteiger partial charge is 0.129 e. The summed E-state index contributed by atoms with van der Waals surface area (Å²) in [5, 5.41) is 9.70. The van der Waals surface area contributed by atoms with Crippen molar-refractivity contribution in [2.24, 2.45) is 0 Å². The highest BCUT2D eigenvalue weighted by molar-refractivity contribution is 9.10. The van der Waals surface area contributed by atoms with E-state index in [4.69, 9.17) is 28.5 Å². The topological polar surface area (TPSA) is 41.6 Å². The number of hydrogen-bond acceptors (Lipinski definition) is 2. The lowest BCUT2D eigenvalue weighted by molar-refractivity contribution is 0.977. The molecule has 6 heteroatoms. The number of nitriles is 1. The molecule has 1 heterocycles. The van der Waals surface area contributed by atoms with Crippen molar-refractivity contribution in [3.05, 3.63) is 57.3 Å². The van der Waals surface area contributed by atoms with E-state index in [1.165, 1.54) is 0 Å². The lowest BCUT2D eigenvalue weighted by Gasteiger charge is -2.10. The number of imidazole rings is 1. The summed E-state index contributed by atoms with van der Waals surface area (Å²) in [6.07, 6.45) is 0. The van der Waals surface area contributed by atoms with E-state index < -0.39 is 0 Å². The van der Waals surface area contributed by atoms with E-state index in [-0.39, 0.29) is 5.88 Å². The van der Waals surface area contributed by atoms with Crippen LogP contribution in [-0.4, -0.2) is 9.55 Å². The molecule has 0 aliphatic carbocycles. The van der Waals surface area contributed by atoms with Crippen LogP contribution in [0.5, 0.6) is 0 Å². The Labute approximate surface area is 139 Å². The third-order valence-electron chi connectivity index (χ3n) is 3.12. The average molecular weight is 381 g/mol. The third kappa shape index (κ3) is 2.53. The molecule has 0 saturated heterocycles. The number of hydrogen-bond donors (Lipinski definition) is 0. The molecule has 2 aromatic carbocycles. The maximum absolute atomic E-state index is 9.09. The Kier molecular flexibility index (Phi) is 3.90. The van der Waals surface area contributed by atoms with Crippen molar-refractivity contribution >= 4 is 50.2 Å². The van der Waals surface area contributed by atoms with Crippen molar-refractivity contribution in [1.29, 1.82) is 5.26 Å². The number of nitrogens with zero attached hydrogens (tertiary/aromatic N) is 3. The molecule has 1 aromatic heterocycles. The molecule has 0 atom stereocenters. The predicted octanol–water partition coefficient (Wildman–Crippen LogP) is 5.05. The number of halogens is 3. The minimum absolute atomic E-state index is 0.259. The summed E-state index contributed by atoms with van der Waals surface area (Å²) >= 11 is 15.6. The Bertz CT molecular complexity index is 880. The lowest BCUT2D eigenvalue weighted by atomic mass is 10.2. The molecule has 0 radical (unpaired) electrons. The molecule has 0 unspecified atom stereocenters. The van der Waals surface area contributed by atoms with E-state index in [0.29, 0.717) is 16.4 Å². The maximum Gasteiger partial charge on any atom is 0.129 e. The van der Waals surface area contributed by atoms with Crippen LogP contribution in [0.25, 0.3) is 16.7 Å². The second-order valence-corrected chi connectivity index (χ2v) is 5.97. The molecule has 0 aliphatic rings. The van der Waals surface area contributed by atoms with Crippen LogP contribution in [0.1, 0.15) is 11.4 Å². The second-order valence-electron chi connectivity index (χ2n) is 4.41. The van der Waals surface area contributed by atoms with Crippen LogP contribution in [0.4, 0.5) is 0 Å².